The van der Waals surface area contributed by atoms with Crippen molar-refractivity contribution in [2.45, 2.75) is 18.4 Å². The number of ether oxygens (including phenoxy) is 2. The Labute approximate surface area is 100.0 Å². The highest BCUT2D eigenvalue weighted by atomic mass is 16.5. The van der Waals surface area contributed by atoms with E-state index in [4.69, 9.17) is 15.0 Å². The average Bonchev–Trinajstić information content (AvgIpc) is 2.85. The molecule has 0 aliphatic carbocycles. The molecule has 2 atom stereocenters. The van der Waals surface area contributed by atoms with Crippen molar-refractivity contribution in [1.82, 2.24) is 0 Å². The van der Waals surface area contributed by atoms with Crippen molar-refractivity contribution in [3.63, 3.8) is 0 Å². The van der Waals surface area contributed by atoms with E-state index in [-0.39, 0.29) is 6.10 Å². The first-order chi connectivity index (χ1) is 8.33. The van der Waals surface area contributed by atoms with E-state index in [0.29, 0.717) is 19.1 Å². The zero-order chi connectivity index (χ0) is 12.1. The third-order valence-corrected chi connectivity index (χ3v) is 2.99. The van der Waals surface area contributed by atoms with E-state index in [1.54, 1.807) is 7.11 Å². The maximum absolute atomic E-state index is 8.26. The van der Waals surface area contributed by atoms with Crippen LogP contribution in [-0.4, -0.2) is 26.4 Å². The van der Waals surface area contributed by atoms with Crippen molar-refractivity contribution in [3.8, 4) is 5.75 Å². The summed E-state index contributed by atoms with van der Waals surface area (Å²) >= 11 is 0. The number of hydrogen-bond acceptors (Lipinski definition) is 3. The number of rotatable bonds is 4. The zero-order valence-corrected chi connectivity index (χ0v) is 9.74. The van der Waals surface area contributed by atoms with E-state index in [9.17, 15) is 0 Å². The number of benzene rings is 1. The third kappa shape index (κ3) is 2.90. The van der Waals surface area contributed by atoms with Crippen molar-refractivity contribution >= 4 is 0 Å². The molecule has 2 rings (SSSR count). The second kappa shape index (κ2) is 5.57. The molecule has 1 aliphatic rings. The van der Waals surface area contributed by atoms with Crippen molar-refractivity contribution in [3.05, 3.63) is 40.3 Å². The Balaban J connectivity index is 2.01. The zero-order valence-electron chi connectivity index (χ0n) is 9.74. The molecule has 1 aliphatic heterocycles. The second-order valence-corrected chi connectivity index (χ2v) is 4.08. The van der Waals surface area contributed by atoms with Crippen LogP contribution in [0.25, 0.3) is 10.4 Å². The Kier molecular flexibility index (Phi) is 3.85. The van der Waals surface area contributed by atoms with Crippen molar-refractivity contribution in [1.29, 1.82) is 0 Å². The highest BCUT2D eigenvalue weighted by molar-refractivity contribution is 5.31. The van der Waals surface area contributed by atoms with Gasteiger partial charge in [0.05, 0.1) is 26.4 Å². The van der Waals surface area contributed by atoms with Crippen LogP contribution in [0.15, 0.2) is 29.4 Å². The van der Waals surface area contributed by atoms with Crippen LogP contribution in [0, 0.1) is 0 Å². The Morgan fingerprint density at radius 3 is 3.24 bits per heavy atom. The molecule has 0 spiro atoms. The number of nitrogens with zero attached hydrogens (tertiary/aromatic N) is 3. The smallest absolute Gasteiger partial charge is 0.119 e. The molecule has 0 radical (unpaired) electrons. The topological polar surface area (TPSA) is 67.2 Å². The van der Waals surface area contributed by atoms with E-state index in [0.717, 1.165) is 12.2 Å². The molecule has 5 nitrogen and oxygen atoms in total. The summed E-state index contributed by atoms with van der Waals surface area (Å²) in [6, 6.07) is 8.02. The summed E-state index contributed by atoms with van der Waals surface area (Å²) in [5.74, 6) is 1.23. The van der Waals surface area contributed by atoms with Gasteiger partial charge in [-0.05, 0) is 29.6 Å². The molecule has 90 valence electrons. The number of methoxy groups -OCH3 is 1. The van der Waals surface area contributed by atoms with Crippen LogP contribution >= 0.6 is 0 Å². The predicted molar refractivity (Wildman–Crippen MR) is 64.1 cm³/mol. The molecule has 1 heterocycles. The monoisotopic (exact) mass is 233 g/mol. The Morgan fingerprint density at radius 2 is 2.47 bits per heavy atom. The van der Waals surface area contributed by atoms with Gasteiger partial charge in [0.25, 0.3) is 0 Å². The third-order valence-electron chi connectivity index (χ3n) is 2.99. The van der Waals surface area contributed by atoms with Crippen LogP contribution in [0.5, 0.6) is 5.75 Å². The summed E-state index contributed by atoms with van der Waals surface area (Å²) in [6.07, 6.45) is 0.939. The van der Waals surface area contributed by atoms with Gasteiger partial charge in [-0.3, -0.25) is 0 Å². The van der Waals surface area contributed by atoms with Crippen LogP contribution in [-0.2, 0) is 4.74 Å². The normalized spacial score (nSPS) is 23.1. The van der Waals surface area contributed by atoms with Crippen molar-refractivity contribution < 1.29 is 9.47 Å². The summed E-state index contributed by atoms with van der Waals surface area (Å²) in [5, 5.41) is 3.55. The van der Waals surface area contributed by atoms with Gasteiger partial charge in [-0.1, -0.05) is 17.2 Å². The van der Waals surface area contributed by atoms with E-state index in [1.807, 2.05) is 18.2 Å². The number of azide groups is 1. The lowest BCUT2D eigenvalue weighted by Gasteiger charge is -2.09. The molecule has 1 fully saturated rings. The fraction of sp³-hybridized carbons (Fsp3) is 0.500. The maximum atomic E-state index is 8.26. The van der Waals surface area contributed by atoms with Crippen LogP contribution in [0.1, 0.15) is 17.9 Å². The quantitative estimate of drug-likeness (QED) is 0.456. The minimum Gasteiger partial charge on any atom is -0.497 e. The molecule has 1 aromatic carbocycles. The Morgan fingerprint density at radius 1 is 1.59 bits per heavy atom. The molecule has 0 aromatic heterocycles. The van der Waals surface area contributed by atoms with E-state index in [2.05, 4.69) is 16.1 Å². The number of hydrogen-bond donors (Lipinski definition) is 0. The molecule has 17 heavy (non-hydrogen) atoms. The lowest BCUT2D eigenvalue weighted by atomic mass is 9.96. The van der Waals surface area contributed by atoms with Gasteiger partial charge in [0, 0.05) is 10.8 Å². The molecule has 0 unspecified atom stereocenters. The minimum absolute atomic E-state index is 0.0436. The summed E-state index contributed by atoms with van der Waals surface area (Å²) < 4.78 is 10.8. The predicted octanol–water partition coefficient (Wildman–Crippen LogP) is 2.88. The van der Waals surface area contributed by atoms with Gasteiger partial charge in [0.15, 0.2) is 0 Å². The molecular weight excluding hydrogens is 218 g/mol. The first kappa shape index (κ1) is 11.8. The second-order valence-electron chi connectivity index (χ2n) is 4.08. The first-order valence-electron chi connectivity index (χ1n) is 5.60. The molecular formula is C12H15N3O2. The highest BCUT2D eigenvalue weighted by Crippen LogP contribution is 2.31. The fourth-order valence-corrected chi connectivity index (χ4v) is 2.09. The molecule has 0 N–H and O–H groups in total. The van der Waals surface area contributed by atoms with E-state index in [1.165, 1.54) is 5.56 Å². The Bertz CT molecular complexity index is 430. The van der Waals surface area contributed by atoms with Gasteiger partial charge in [0.1, 0.15) is 5.75 Å². The summed E-state index contributed by atoms with van der Waals surface area (Å²) in [4.78, 5) is 2.75. The fourth-order valence-electron chi connectivity index (χ4n) is 2.09. The van der Waals surface area contributed by atoms with Gasteiger partial charge in [0.2, 0.25) is 0 Å². The van der Waals surface area contributed by atoms with E-state index < -0.39 is 0 Å². The summed E-state index contributed by atoms with van der Waals surface area (Å²) in [5.41, 5.74) is 9.48. The highest BCUT2D eigenvalue weighted by Gasteiger charge is 2.26. The van der Waals surface area contributed by atoms with Crippen molar-refractivity contribution in [2.75, 3.05) is 20.3 Å². The van der Waals surface area contributed by atoms with Crippen LogP contribution in [0.2, 0.25) is 0 Å². The lowest BCUT2D eigenvalue weighted by Crippen LogP contribution is -2.08. The maximum Gasteiger partial charge on any atom is 0.119 e. The molecule has 0 saturated carbocycles. The average molecular weight is 233 g/mol. The standard InChI is InChI=1S/C12H15N3O2/c1-16-11-4-2-3-9(5-11)10-6-12(17-8-10)7-14-15-13/h2-5,10,12H,6-8H2,1H3/t10-,12+/m0/s1. The Hall–Kier alpha value is -1.71. The van der Waals surface area contributed by atoms with Gasteiger partial charge in [-0.15, -0.1) is 0 Å². The van der Waals surface area contributed by atoms with Crippen LogP contribution < -0.4 is 4.74 Å². The molecule has 0 bridgehead atoms. The molecule has 1 aromatic rings. The first-order valence-corrected chi connectivity index (χ1v) is 5.60. The van der Waals surface area contributed by atoms with E-state index >= 15 is 0 Å². The van der Waals surface area contributed by atoms with Crippen molar-refractivity contribution in [2.24, 2.45) is 5.11 Å². The summed E-state index contributed by atoms with van der Waals surface area (Å²) in [7, 11) is 1.66. The van der Waals surface area contributed by atoms with Gasteiger partial charge >= 0.3 is 0 Å². The molecule has 5 heteroatoms. The minimum atomic E-state index is 0.0436. The molecule has 1 saturated heterocycles. The van der Waals surface area contributed by atoms with Crippen LogP contribution in [0.3, 0.4) is 0 Å². The summed E-state index contributed by atoms with van der Waals surface area (Å²) in [6.45, 7) is 1.09. The molecule has 0 amide bonds. The van der Waals surface area contributed by atoms with Crippen LogP contribution in [0.4, 0.5) is 0 Å². The van der Waals surface area contributed by atoms with Gasteiger partial charge in [-0.25, -0.2) is 0 Å². The largest absolute Gasteiger partial charge is 0.497 e. The lowest BCUT2D eigenvalue weighted by molar-refractivity contribution is 0.116. The van der Waals surface area contributed by atoms with Gasteiger partial charge < -0.3 is 9.47 Å². The SMILES string of the molecule is COc1cccc([C@@H]2CO[C@@H](CN=[N+]=[N-])C2)c1. The van der Waals surface area contributed by atoms with Gasteiger partial charge in [-0.2, -0.15) is 0 Å².